The standard InChI is InChI=1S/C12H6BrCl3FNO2S/c13-8-3-6(17)4-11(16)12(8)18-21(19,20)7-1-2-9(14)10(15)5-7/h1-5,18H. The third-order valence-corrected chi connectivity index (χ3v) is 5.45. The maximum absolute atomic E-state index is 13.1. The zero-order valence-electron chi connectivity index (χ0n) is 10.0. The van der Waals surface area contributed by atoms with Crippen molar-refractivity contribution in [2.45, 2.75) is 4.90 Å². The summed E-state index contributed by atoms with van der Waals surface area (Å²) in [5.74, 6) is -0.593. The minimum Gasteiger partial charge on any atom is -0.277 e. The fourth-order valence-corrected chi connectivity index (χ4v) is 4.05. The number of hydrogen-bond donors (Lipinski definition) is 1. The Hall–Kier alpha value is -0.530. The lowest BCUT2D eigenvalue weighted by molar-refractivity contribution is 0.601. The fraction of sp³-hybridized carbons (Fsp3) is 0. The second-order valence-electron chi connectivity index (χ2n) is 3.93. The predicted octanol–water partition coefficient (Wildman–Crippen LogP) is 5.35. The monoisotopic (exact) mass is 431 g/mol. The van der Waals surface area contributed by atoms with E-state index in [1.54, 1.807) is 0 Å². The van der Waals surface area contributed by atoms with Gasteiger partial charge in [-0.1, -0.05) is 34.8 Å². The lowest BCUT2D eigenvalue weighted by Crippen LogP contribution is -2.13. The van der Waals surface area contributed by atoms with Crippen molar-refractivity contribution in [3.63, 3.8) is 0 Å². The number of nitrogens with one attached hydrogen (secondary N) is 1. The summed E-state index contributed by atoms with van der Waals surface area (Å²) in [5.41, 5.74) is 0.0316. The van der Waals surface area contributed by atoms with Gasteiger partial charge in [0.1, 0.15) is 5.82 Å². The minimum atomic E-state index is -3.94. The van der Waals surface area contributed by atoms with Crippen molar-refractivity contribution >= 4 is 66.4 Å². The first kappa shape index (κ1) is 16.8. The highest BCUT2D eigenvalue weighted by atomic mass is 79.9. The number of halogens is 5. The highest BCUT2D eigenvalue weighted by Gasteiger charge is 2.19. The van der Waals surface area contributed by atoms with E-state index in [2.05, 4.69) is 20.7 Å². The molecule has 9 heteroatoms. The molecule has 112 valence electrons. The van der Waals surface area contributed by atoms with Gasteiger partial charge in [0.2, 0.25) is 0 Å². The molecule has 0 bridgehead atoms. The summed E-state index contributed by atoms with van der Waals surface area (Å²) in [4.78, 5) is -0.0933. The largest absolute Gasteiger partial charge is 0.277 e. The van der Waals surface area contributed by atoms with Gasteiger partial charge in [-0.3, -0.25) is 4.72 Å². The van der Waals surface area contributed by atoms with Crippen molar-refractivity contribution in [3.05, 3.63) is 55.7 Å². The van der Waals surface area contributed by atoms with Crippen LogP contribution in [0.25, 0.3) is 0 Å². The lowest BCUT2D eigenvalue weighted by atomic mass is 10.3. The van der Waals surface area contributed by atoms with Gasteiger partial charge in [0.15, 0.2) is 0 Å². The summed E-state index contributed by atoms with van der Waals surface area (Å²) < 4.78 is 40.1. The highest BCUT2D eigenvalue weighted by Crippen LogP contribution is 2.34. The van der Waals surface area contributed by atoms with Gasteiger partial charge < -0.3 is 0 Å². The molecule has 0 atom stereocenters. The van der Waals surface area contributed by atoms with Gasteiger partial charge in [-0.2, -0.15) is 0 Å². The Morgan fingerprint density at radius 2 is 1.67 bits per heavy atom. The Morgan fingerprint density at radius 1 is 1.00 bits per heavy atom. The number of hydrogen-bond acceptors (Lipinski definition) is 2. The number of anilines is 1. The normalized spacial score (nSPS) is 11.5. The first-order valence-corrected chi connectivity index (χ1v) is 8.74. The molecule has 0 saturated heterocycles. The summed E-state index contributed by atoms with van der Waals surface area (Å²) >= 11 is 20.4. The predicted molar refractivity (Wildman–Crippen MR) is 86.4 cm³/mol. The average Bonchev–Trinajstić information content (AvgIpc) is 2.37. The molecule has 0 amide bonds. The minimum absolute atomic E-state index is 0.0316. The van der Waals surface area contributed by atoms with E-state index in [9.17, 15) is 12.8 Å². The van der Waals surface area contributed by atoms with Gasteiger partial charge in [0.25, 0.3) is 10.0 Å². The van der Waals surface area contributed by atoms with Crippen molar-refractivity contribution < 1.29 is 12.8 Å². The van der Waals surface area contributed by atoms with Crippen LogP contribution in [0, 0.1) is 5.82 Å². The van der Waals surface area contributed by atoms with E-state index in [1.807, 2.05) is 0 Å². The quantitative estimate of drug-likeness (QED) is 0.709. The molecule has 2 aromatic carbocycles. The van der Waals surface area contributed by atoms with Crippen LogP contribution in [0.3, 0.4) is 0 Å². The van der Waals surface area contributed by atoms with Crippen LogP contribution in [0.1, 0.15) is 0 Å². The van der Waals surface area contributed by atoms with E-state index < -0.39 is 15.8 Å². The van der Waals surface area contributed by atoms with Crippen molar-refractivity contribution in [2.75, 3.05) is 4.72 Å². The molecule has 0 aliphatic carbocycles. The molecular formula is C12H6BrCl3FNO2S. The molecule has 21 heavy (non-hydrogen) atoms. The van der Waals surface area contributed by atoms with E-state index in [4.69, 9.17) is 34.8 Å². The Kier molecular flexibility index (Phi) is 5.05. The van der Waals surface area contributed by atoms with Gasteiger partial charge in [0.05, 0.1) is 25.7 Å². The van der Waals surface area contributed by atoms with E-state index in [-0.39, 0.29) is 30.1 Å². The Balaban J connectivity index is 2.44. The molecular weight excluding hydrogens is 427 g/mol. The molecule has 0 aliphatic heterocycles. The molecule has 0 unspecified atom stereocenters. The van der Waals surface area contributed by atoms with Crippen molar-refractivity contribution in [1.82, 2.24) is 0 Å². The highest BCUT2D eigenvalue weighted by molar-refractivity contribution is 9.10. The SMILES string of the molecule is O=S(=O)(Nc1c(Cl)cc(F)cc1Br)c1ccc(Cl)c(Cl)c1. The maximum Gasteiger partial charge on any atom is 0.262 e. The van der Waals surface area contributed by atoms with Crippen LogP contribution in [-0.4, -0.2) is 8.42 Å². The van der Waals surface area contributed by atoms with Crippen LogP contribution < -0.4 is 4.72 Å². The lowest BCUT2D eigenvalue weighted by Gasteiger charge is -2.12. The van der Waals surface area contributed by atoms with Crippen molar-refractivity contribution in [3.8, 4) is 0 Å². The molecule has 1 N–H and O–H groups in total. The first-order chi connectivity index (χ1) is 9.70. The number of rotatable bonds is 3. The number of benzene rings is 2. The van der Waals surface area contributed by atoms with Crippen LogP contribution in [0.2, 0.25) is 15.1 Å². The zero-order valence-corrected chi connectivity index (χ0v) is 14.7. The molecule has 0 saturated carbocycles. The van der Waals surface area contributed by atoms with Gasteiger partial charge in [-0.15, -0.1) is 0 Å². The van der Waals surface area contributed by atoms with Crippen LogP contribution >= 0.6 is 50.7 Å². The third kappa shape index (κ3) is 3.81. The molecule has 2 aromatic rings. The van der Waals surface area contributed by atoms with Crippen LogP contribution in [-0.2, 0) is 10.0 Å². The van der Waals surface area contributed by atoms with E-state index in [0.29, 0.717) is 0 Å². The Bertz CT molecular complexity index is 791. The molecule has 0 radical (unpaired) electrons. The molecule has 0 aromatic heterocycles. The smallest absolute Gasteiger partial charge is 0.262 e. The van der Waals surface area contributed by atoms with E-state index in [0.717, 1.165) is 12.1 Å². The van der Waals surface area contributed by atoms with Crippen molar-refractivity contribution in [2.24, 2.45) is 0 Å². The molecule has 0 fully saturated rings. The summed E-state index contributed by atoms with van der Waals surface area (Å²) in [6.45, 7) is 0. The summed E-state index contributed by atoms with van der Waals surface area (Å²) in [6, 6.07) is 5.96. The maximum atomic E-state index is 13.1. The summed E-state index contributed by atoms with van der Waals surface area (Å²) in [5, 5.41) is 0.255. The van der Waals surface area contributed by atoms with Crippen LogP contribution in [0.4, 0.5) is 10.1 Å². The van der Waals surface area contributed by atoms with Gasteiger partial charge in [-0.05, 0) is 46.3 Å². The molecule has 0 aliphatic rings. The summed E-state index contributed by atoms with van der Waals surface area (Å²) in [6.07, 6.45) is 0. The topological polar surface area (TPSA) is 46.2 Å². The zero-order chi connectivity index (χ0) is 15.8. The third-order valence-electron chi connectivity index (χ3n) is 2.44. The van der Waals surface area contributed by atoms with Crippen LogP contribution in [0.15, 0.2) is 39.7 Å². The van der Waals surface area contributed by atoms with E-state index >= 15 is 0 Å². The van der Waals surface area contributed by atoms with Crippen molar-refractivity contribution in [1.29, 1.82) is 0 Å². The summed E-state index contributed by atoms with van der Waals surface area (Å²) in [7, 11) is -3.94. The molecule has 3 nitrogen and oxygen atoms in total. The Morgan fingerprint density at radius 3 is 2.24 bits per heavy atom. The number of sulfonamides is 1. The fourth-order valence-electron chi connectivity index (χ4n) is 1.48. The molecule has 0 heterocycles. The molecule has 2 rings (SSSR count). The second-order valence-corrected chi connectivity index (χ2v) is 7.68. The van der Waals surface area contributed by atoms with E-state index in [1.165, 1.54) is 18.2 Å². The second kappa shape index (κ2) is 6.30. The Labute approximate surface area is 144 Å². The van der Waals surface area contributed by atoms with Gasteiger partial charge in [0, 0.05) is 4.47 Å². The van der Waals surface area contributed by atoms with Gasteiger partial charge in [-0.25, -0.2) is 12.8 Å². The van der Waals surface area contributed by atoms with Crippen LogP contribution in [0.5, 0.6) is 0 Å². The average molecular weight is 434 g/mol. The molecule has 0 spiro atoms. The van der Waals surface area contributed by atoms with Gasteiger partial charge >= 0.3 is 0 Å². The first-order valence-electron chi connectivity index (χ1n) is 5.33.